The summed E-state index contributed by atoms with van der Waals surface area (Å²) < 4.78 is 1.95. The number of benzene rings is 1. The maximum Gasteiger partial charge on any atom is 0.253 e. The number of carbonyl (C=O) groups is 1. The van der Waals surface area contributed by atoms with Crippen LogP contribution in [0.25, 0.3) is 5.65 Å². The molecule has 1 amide bonds. The van der Waals surface area contributed by atoms with Gasteiger partial charge in [0.05, 0.1) is 17.3 Å². The van der Waals surface area contributed by atoms with E-state index < -0.39 is 0 Å². The third-order valence-corrected chi connectivity index (χ3v) is 6.13. The van der Waals surface area contributed by atoms with Crippen molar-refractivity contribution < 1.29 is 4.79 Å². The van der Waals surface area contributed by atoms with Gasteiger partial charge in [0.1, 0.15) is 0 Å². The standard InChI is InChI=1S/C25H27N7O/c1-30-13-14-31(17-21-9-5-6-12-26-21)18-22(30)24-29-28-23-11-10-20(16-32(23)24)25(33)27-15-19-7-3-2-4-8-19/h2-12,16,22H,13-15,17-18H2,1H3,(H,27,33). The van der Waals surface area contributed by atoms with Crippen molar-refractivity contribution >= 4 is 11.6 Å². The Balaban J connectivity index is 1.34. The van der Waals surface area contributed by atoms with Crippen molar-refractivity contribution in [1.29, 1.82) is 0 Å². The van der Waals surface area contributed by atoms with Crippen LogP contribution in [0.1, 0.15) is 33.5 Å². The quantitative estimate of drug-likeness (QED) is 0.496. The van der Waals surface area contributed by atoms with Gasteiger partial charge < -0.3 is 5.32 Å². The van der Waals surface area contributed by atoms with Gasteiger partial charge in [0, 0.05) is 45.1 Å². The van der Waals surface area contributed by atoms with E-state index in [0.29, 0.717) is 12.1 Å². The summed E-state index contributed by atoms with van der Waals surface area (Å²) in [6, 6.07) is 19.6. The van der Waals surface area contributed by atoms with Gasteiger partial charge in [-0.05, 0) is 36.9 Å². The van der Waals surface area contributed by atoms with E-state index in [1.807, 2.05) is 65.3 Å². The Morgan fingerprint density at radius 3 is 2.70 bits per heavy atom. The molecule has 1 N–H and O–H groups in total. The van der Waals surface area contributed by atoms with Crippen molar-refractivity contribution in [2.24, 2.45) is 0 Å². The number of piperazine rings is 1. The molecule has 0 spiro atoms. The van der Waals surface area contributed by atoms with E-state index >= 15 is 0 Å². The Bertz CT molecular complexity index is 1230. The zero-order chi connectivity index (χ0) is 22.6. The summed E-state index contributed by atoms with van der Waals surface area (Å²) in [4.78, 5) is 22.0. The number of fused-ring (bicyclic) bond motifs is 1. The van der Waals surface area contributed by atoms with Gasteiger partial charge in [0.15, 0.2) is 11.5 Å². The van der Waals surface area contributed by atoms with E-state index in [0.717, 1.165) is 48.9 Å². The Morgan fingerprint density at radius 1 is 1.03 bits per heavy atom. The van der Waals surface area contributed by atoms with E-state index in [4.69, 9.17) is 0 Å². The Kier molecular flexibility index (Phi) is 6.10. The number of pyridine rings is 2. The van der Waals surface area contributed by atoms with Crippen molar-refractivity contribution in [2.45, 2.75) is 19.1 Å². The number of amides is 1. The monoisotopic (exact) mass is 441 g/mol. The minimum Gasteiger partial charge on any atom is -0.348 e. The number of hydrogen-bond acceptors (Lipinski definition) is 6. The van der Waals surface area contributed by atoms with E-state index in [2.05, 4.69) is 43.4 Å². The average Bonchev–Trinajstić information content (AvgIpc) is 3.28. The molecule has 1 fully saturated rings. The molecule has 5 rings (SSSR count). The molecule has 4 aromatic rings. The van der Waals surface area contributed by atoms with Crippen LogP contribution in [0.5, 0.6) is 0 Å². The Labute approximate surface area is 192 Å². The lowest BCUT2D eigenvalue weighted by atomic mass is 10.1. The van der Waals surface area contributed by atoms with Gasteiger partial charge >= 0.3 is 0 Å². The van der Waals surface area contributed by atoms with E-state index in [-0.39, 0.29) is 11.9 Å². The normalized spacial score (nSPS) is 17.3. The van der Waals surface area contributed by atoms with Crippen molar-refractivity contribution in [1.82, 2.24) is 34.7 Å². The summed E-state index contributed by atoms with van der Waals surface area (Å²) in [7, 11) is 2.11. The van der Waals surface area contributed by atoms with Gasteiger partial charge in [-0.25, -0.2) is 0 Å². The number of rotatable bonds is 6. The highest BCUT2D eigenvalue weighted by Crippen LogP contribution is 2.24. The SMILES string of the molecule is CN1CCN(Cc2ccccn2)CC1c1nnc2ccc(C(=O)NCc3ccccc3)cn12. The highest BCUT2D eigenvalue weighted by Gasteiger charge is 2.29. The van der Waals surface area contributed by atoms with E-state index in [1.54, 1.807) is 6.07 Å². The number of hydrogen-bond donors (Lipinski definition) is 1. The van der Waals surface area contributed by atoms with Gasteiger partial charge in [-0.15, -0.1) is 10.2 Å². The van der Waals surface area contributed by atoms with Crippen LogP contribution in [-0.2, 0) is 13.1 Å². The molecule has 1 aliphatic heterocycles. The third kappa shape index (κ3) is 4.76. The molecular formula is C25H27N7O. The smallest absolute Gasteiger partial charge is 0.253 e. The molecule has 1 unspecified atom stereocenters. The molecule has 0 radical (unpaired) electrons. The lowest BCUT2D eigenvalue weighted by Crippen LogP contribution is -2.46. The zero-order valence-corrected chi connectivity index (χ0v) is 18.6. The van der Waals surface area contributed by atoms with Crippen LogP contribution in [0.4, 0.5) is 0 Å². The fourth-order valence-electron chi connectivity index (χ4n) is 4.22. The van der Waals surface area contributed by atoms with Crippen LogP contribution < -0.4 is 5.32 Å². The molecule has 1 aromatic carbocycles. The zero-order valence-electron chi connectivity index (χ0n) is 18.6. The lowest BCUT2D eigenvalue weighted by molar-refractivity contribution is 0.0844. The summed E-state index contributed by atoms with van der Waals surface area (Å²) in [5, 5.41) is 11.9. The molecular weight excluding hydrogens is 414 g/mol. The van der Waals surface area contributed by atoms with Crippen LogP contribution >= 0.6 is 0 Å². The molecule has 3 aromatic heterocycles. The fraction of sp³-hybridized carbons (Fsp3) is 0.280. The first-order chi connectivity index (χ1) is 16.2. The molecule has 8 heteroatoms. The van der Waals surface area contributed by atoms with Crippen LogP contribution in [-0.4, -0.2) is 62.0 Å². The Morgan fingerprint density at radius 2 is 1.88 bits per heavy atom. The number of likely N-dealkylation sites (N-methyl/N-ethyl adjacent to an activating group) is 1. The molecule has 168 valence electrons. The number of nitrogens with one attached hydrogen (secondary N) is 1. The molecule has 0 saturated carbocycles. The summed E-state index contributed by atoms with van der Waals surface area (Å²) >= 11 is 0. The molecule has 4 heterocycles. The van der Waals surface area contributed by atoms with E-state index in [9.17, 15) is 4.79 Å². The molecule has 0 bridgehead atoms. The molecule has 1 saturated heterocycles. The van der Waals surface area contributed by atoms with Gasteiger partial charge in [-0.3, -0.25) is 24.0 Å². The fourth-order valence-corrected chi connectivity index (χ4v) is 4.22. The van der Waals surface area contributed by atoms with Crippen molar-refractivity contribution in [3.63, 3.8) is 0 Å². The van der Waals surface area contributed by atoms with Gasteiger partial charge in [-0.1, -0.05) is 36.4 Å². The second kappa shape index (κ2) is 9.48. The van der Waals surface area contributed by atoms with Crippen LogP contribution in [0, 0.1) is 0 Å². The topological polar surface area (TPSA) is 78.7 Å². The summed E-state index contributed by atoms with van der Waals surface area (Å²) in [5.74, 6) is 0.727. The first kappa shape index (κ1) is 21.2. The van der Waals surface area contributed by atoms with Gasteiger partial charge in [0.2, 0.25) is 0 Å². The Hall–Kier alpha value is -3.62. The highest BCUT2D eigenvalue weighted by atomic mass is 16.1. The predicted molar refractivity (Wildman–Crippen MR) is 125 cm³/mol. The molecule has 1 atom stereocenters. The van der Waals surface area contributed by atoms with E-state index in [1.165, 1.54) is 0 Å². The van der Waals surface area contributed by atoms with Crippen molar-refractivity contribution in [3.8, 4) is 0 Å². The maximum absolute atomic E-state index is 12.8. The number of nitrogens with zero attached hydrogens (tertiary/aromatic N) is 6. The third-order valence-electron chi connectivity index (χ3n) is 6.13. The summed E-state index contributed by atoms with van der Waals surface area (Å²) in [6.07, 6.45) is 3.68. The second-order valence-corrected chi connectivity index (χ2v) is 8.43. The maximum atomic E-state index is 12.8. The average molecular weight is 442 g/mol. The predicted octanol–water partition coefficient (Wildman–Crippen LogP) is 2.54. The first-order valence-corrected chi connectivity index (χ1v) is 11.2. The van der Waals surface area contributed by atoms with Crippen molar-refractivity contribution in [3.05, 3.63) is 95.7 Å². The minimum atomic E-state index is -0.116. The first-order valence-electron chi connectivity index (χ1n) is 11.2. The summed E-state index contributed by atoms with van der Waals surface area (Å²) in [6.45, 7) is 3.99. The van der Waals surface area contributed by atoms with Crippen LogP contribution in [0.3, 0.4) is 0 Å². The van der Waals surface area contributed by atoms with Crippen molar-refractivity contribution in [2.75, 3.05) is 26.7 Å². The lowest BCUT2D eigenvalue weighted by Gasteiger charge is -2.38. The second-order valence-electron chi connectivity index (χ2n) is 8.43. The van der Waals surface area contributed by atoms with Gasteiger partial charge in [0.25, 0.3) is 5.91 Å². The molecule has 8 nitrogen and oxygen atoms in total. The van der Waals surface area contributed by atoms with Crippen LogP contribution in [0.2, 0.25) is 0 Å². The summed E-state index contributed by atoms with van der Waals surface area (Å²) in [5.41, 5.74) is 3.45. The minimum absolute atomic E-state index is 0.0695. The number of aromatic nitrogens is 4. The molecule has 1 aliphatic rings. The highest BCUT2D eigenvalue weighted by molar-refractivity contribution is 5.94. The van der Waals surface area contributed by atoms with Gasteiger partial charge in [-0.2, -0.15) is 0 Å². The number of carbonyl (C=O) groups excluding carboxylic acids is 1. The molecule has 33 heavy (non-hydrogen) atoms. The molecule has 0 aliphatic carbocycles. The van der Waals surface area contributed by atoms with Crippen LogP contribution in [0.15, 0.2) is 73.1 Å². The largest absolute Gasteiger partial charge is 0.348 e.